The zero-order valence-corrected chi connectivity index (χ0v) is 12.1. The van der Waals surface area contributed by atoms with Crippen LogP contribution in [0.2, 0.25) is 0 Å². The molecule has 7 nitrogen and oxygen atoms in total. The second kappa shape index (κ2) is 6.64. The van der Waals surface area contributed by atoms with Gasteiger partial charge in [0.15, 0.2) is 18.5 Å². The third-order valence-corrected chi connectivity index (χ3v) is 3.70. The van der Waals surface area contributed by atoms with Gasteiger partial charge in [0, 0.05) is 13.8 Å². The quantitative estimate of drug-likeness (QED) is 0.385. The lowest BCUT2D eigenvalue weighted by Crippen LogP contribution is -2.59. The summed E-state index contributed by atoms with van der Waals surface area (Å²) >= 11 is 1.84. The summed E-state index contributed by atoms with van der Waals surface area (Å²) in [7, 11) is 0. The number of esters is 2. The number of hydrogen-bond acceptors (Lipinski definition) is 7. The predicted octanol–water partition coefficient (Wildman–Crippen LogP) is -0.637. The largest absolute Gasteiger partial charge is 0.457 e. The second-order valence-electron chi connectivity index (χ2n) is 3.84. The molecule has 1 saturated heterocycles. The fourth-order valence-electron chi connectivity index (χ4n) is 1.69. The van der Waals surface area contributed by atoms with Crippen molar-refractivity contribution in [1.82, 2.24) is 0 Å². The third kappa shape index (κ3) is 3.77. The molecular formula is C10H15IO7. The van der Waals surface area contributed by atoms with Crippen LogP contribution in [-0.2, 0) is 23.8 Å². The van der Waals surface area contributed by atoms with Gasteiger partial charge in [-0.1, -0.05) is 22.6 Å². The number of alkyl halides is 1. The molecule has 18 heavy (non-hydrogen) atoms. The minimum atomic E-state index is -1.21. The lowest BCUT2D eigenvalue weighted by Gasteiger charge is -2.41. The first-order valence-corrected chi connectivity index (χ1v) is 6.54. The number of halogens is 1. The molecule has 0 aromatic heterocycles. The Morgan fingerprint density at radius 2 is 1.72 bits per heavy atom. The highest BCUT2D eigenvalue weighted by atomic mass is 127. The van der Waals surface area contributed by atoms with Crippen molar-refractivity contribution in [3.63, 3.8) is 0 Å². The van der Waals surface area contributed by atoms with Gasteiger partial charge in [-0.2, -0.15) is 0 Å². The van der Waals surface area contributed by atoms with E-state index in [0.29, 0.717) is 0 Å². The summed E-state index contributed by atoms with van der Waals surface area (Å²) in [6.07, 6.45) is -3.95. The van der Waals surface area contributed by atoms with Crippen LogP contribution in [0.5, 0.6) is 0 Å². The molecule has 0 saturated carbocycles. The molecule has 0 radical (unpaired) electrons. The van der Waals surface area contributed by atoms with Crippen LogP contribution in [-0.4, -0.2) is 57.3 Å². The normalized spacial score (nSPS) is 35.9. The maximum absolute atomic E-state index is 11.0. The molecule has 0 aromatic carbocycles. The minimum absolute atomic E-state index is 0.462. The van der Waals surface area contributed by atoms with Gasteiger partial charge >= 0.3 is 11.9 Å². The molecule has 1 rings (SSSR count). The molecule has 0 bridgehead atoms. The van der Waals surface area contributed by atoms with Gasteiger partial charge in [-0.05, 0) is 0 Å². The average molecular weight is 374 g/mol. The van der Waals surface area contributed by atoms with Crippen molar-refractivity contribution in [3.8, 4) is 0 Å². The van der Waals surface area contributed by atoms with Gasteiger partial charge in [-0.15, -0.1) is 0 Å². The van der Waals surface area contributed by atoms with E-state index in [4.69, 9.17) is 19.3 Å². The Hall–Kier alpha value is -0.450. The highest BCUT2D eigenvalue weighted by molar-refractivity contribution is 14.1. The number of hydrogen-bond donors (Lipinski definition) is 2. The molecule has 1 fully saturated rings. The monoisotopic (exact) mass is 374 g/mol. The zero-order chi connectivity index (χ0) is 13.9. The average Bonchev–Trinajstić information content (AvgIpc) is 2.27. The van der Waals surface area contributed by atoms with E-state index >= 15 is 0 Å². The van der Waals surface area contributed by atoms with E-state index in [1.54, 1.807) is 0 Å². The first kappa shape index (κ1) is 15.6. The minimum Gasteiger partial charge on any atom is -0.457 e. The van der Waals surface area contributed by atoms with Crippen LogP contribution in [0.4, 0.5) is 0 Å². The first-order chi connectivity index (χ1) is 8.36. The van der Waals surface area contributed by atoms with E-state index < -0.39 is 47.1 Å². The molecular weight excluding hydrogens is 359 g/mol. The van der Waals surface area contributed by atoms with Crippen LogP contribution < -0.4 is 0 Å². The van der Waals surface area contributed by atoms with E-state index in [9.17, 15) is 14.7 Å². The molecule has 0 spiro atoms. The first-order valence-electron chi connectivity index (χ1n) is 5.29. The molecule has 0 aliphatic carbocycles. The molecule has 0 unspecified atom stereocenters. The van der Waals surface area contributed by atoms with Crippen molar-refractivity contribution >= 4 is 34.5 Å². The van der Waals surface area contributed by atoms with Gasteiger partial charge in [0.2, 0.25) is 0 Å². The molecule has 1 aliphatic rings. The molecule has 0 aromatic rings. The standard InChI is InChI=1S/C10H15IO7/c1-4(13)16-8-6(3-12)18-10(15)7(11)9(8)17-5(2)14/h6-10,12,15H,3H2,1-2H3/t6-,7-,8-,9+,10+/m1/s1. The Balaban J connectivity index is 2.92. The number of carbonyl (C=O) groups is 2. The summed E-state index contributed by atoms with van der Waals surface area (Å²) in [6, 6.07) is 0. The summed E-state index contributed by atoms with van der Waals surface area (Å²) in [5, 5.41) is 18.8. The van der Waals surface area contributed by atoms with Gasteiger partial charge in [-0.3, -0.25) is 9.59 Å². The van der Waals surface area contributed by atoms with Crippen LogP contribution in [0.25, 0.3) is 0 Å². The zero-order valence-electron chi connectivity index (χ0n) is 9.91. The van der Waals surface area contributed by atoms with E-state index in [1.165, 1.54) is 13.8 Å². The summed E-state index contributed by atoms with van der Waals surface area (Å²) in [4.78, 5) is 22.1. The Kier molecular flexibility index (Phi) is 5.76. The molecule has 8 heteroatoms. The maximum atomic E-state index is 11.0. The smallest absolute Gasteiger partial charge is 0.303 e. The van der Waals surface area contributed by atoms with Crippen LogP contribution in [0.1, 0.15) is 13.8 Å². The van der Waals surface area contributed by atoms with E-state index in [0.717, 1.165) is 0 Å². The number of ether oxygens (including phenoxy) is 3. The Bertz CT molecular complexity index is 305. The van der Waals surface area contributed by atoms with Gasteiger partial charge in [0.1, 0.15) is 10.0 Å². The summed E-state index contributed by atoms with van der Waals surface area (Å²) in [5.74, 6) is -1.15. The summed E-state index contributed by atoms with van der Waals surface area (Å²) < 4.78 is 14.6. The van der Waals surface area contributed by atoms with Crippen molar-refractivity contribution in [3.05, 3.63) is 0 Å². The summed E-state index contributed by atoms with van der Waals surface area (Å²) in [6.45, 7) is 1.95. The van der Waals surface area contributed by atoms with E-state index in [2.05, 4.69) is 0 Å². The second-order valence-corrected chi connectivity index (χ2v) is 5.28. The van der Waals surface area contributed by atoms with Gasteiger partial charge in [0.25, 0.3) is 0 Å². The van der Waals surface area contributed by atoms with Gasteiger partial charge in [-0.25, -0.2) is 0 Å². The van der Waals surface area contributed by atoms with Gasteiger partial charge in [0.05, 0.1) is 6.61 Å². The fraction of sp³-hybridized carbons (Fsp3) is 0.800. The van der Waals surface area contributed by atoms with Crippen LogP contribution in [0.3, 0.4) is 0 Å². The van der Waals surface area contributed by atoms with Crippen LogP contribution in [0, 0.1) is 0 Å². The summed E-state index contributed by atoms with van der Waals surface area (Å²) in [5.41, 5.74) is 0. The predicted molar refractivity (Wildman–Crippen MR) is 66.9 cm³/mol. The maximum Gasteiger partial charge on any atom is 0.303 e. The SMILES string of the molecule is CC(=O)O[C@H]1[C@@H](I)[C@@H](O)O[C@H](CO)[C@H]1OC(C)=O. The van der Waals surface area contributed by atoms with Crippen molar-refractivity contribution in [2.45, 2.75) is 42.4 Å². The van der Waals surface area contributed by atoms with Gasteiger partial charge < -0.3 is 24.4 Å². The van der Waals surface area contributed by atoms with Crippen LogP contribution in [0.15, 0.2) is 0 Å². The van der Waals surface area contributed by atoms with E-state index in [-0.39, 0.29) is 0 Å². The van der Waals surface area contributed by atoms with Crippen molar-refractivity contribution in [1.29, 1.82) is 0 Å². The third-order valence-electron chi connectivity index (χ3n) is 2.37. The number of rotatable bonds is 3. The number of carbonyl (C=O) groups excluding carboxylic acids is 2. The molecule has 0 amide bonds. The Morgan fingerprint density at radius 3 is 2.17 bits per heavy atom. The van der Waals surface area contributed by atoms with Crippen molar-refractivity contribution in [2.75, 3.05) is 6.61 Å². The highest BCUT2D eigenvalue weighted by Gasteiger charge is 2.48. The lowest BCUT2D eigenvalue weighted by molar-refractivity contribution is -0.245. The molecule has 1 heterocycles. The Morgan fingerprint density at radius 1 is 1.22 bits per heavy atom. The number of aliphatic hydroxyl groups is 2. The Labute approximate surface area is 118 Å². The molecule has 104 valence electrons. The molecule has 1 aliphatic heterocycles. The van der Waals surface area contributed by atoms with Crippen molar-refractivity contribution < 1.29 is 34.0 Å². The lowest BCUT2D eigenvalue weighted by atomic mass is 10.0. The van der Waals surface area contributed by atoms with Crippen molar-refractivity contribution in [2.24, 2.45) is 0 Å². The highest BCUT2D eigenvalue weighted by Crippen LogP contribution is 2.30. The number of aliphatic hydroxyl groups excluding tert-OH is 2. The van der Waals surface area contributed by atoms with Crippen LogP contribution >= 0.6 is 22.6 Å². The molecule has 2 N–H and O–H groups in total. The van der Waals surface area contributed by atoms with E-state index in [1.807, 2.05) is 22.6 Å². The molecule has 5 atom stereocenters. The topological polar surface area (TPSA) is 102 Å². The fourth-order valence-corrected chi connectivity index (χ4v) is 2.42.